The third-order valence-electron chi connectivity index (χ3n) is 4.15. The summed E-state index contributed by atoms with van der Waals surface area (Å²) in [6.07, 6.45) is 5.51. The highest BCUT2D eigenvalue weighted by Gasteiger charge is 2.08. The molecule has 2 aromatic carbocycles. The van der Waals surface area contributed by atoms with E-state index in [0.29, 0.717) is 15.3 Å². The zero-order valence-electron chi connectivity index (χ0n) is 15.3. The van der Waals surface area contributed by atoms with Crippen molar-refractivity contribution in [1.29, 1.82) is 0 Å². The van der Waals surface area contributed by atoms with E-state index in [2.05, 4.69) is 10.1 Å². The first-order valence-corrected chi connectivity index (χ1v) is 9.35. The number of ether oxygens (including phenoxy) is 2. The molecule has 0 aliphatic heterocycles. The first-order chi connectivity index (χ1) is 13.7. The average Bonchev–Trinajstić information content (AvgIpc) is 3.26. The highest BCUT2D eigenvalue weighted by molar-refractivity contribution is 7.15. The molecular weight excluding hydrogens is 374 g/mol. The van der Waals surface area contributed by atoms with Crippen molar-refractivity contribution in [2.24, 2.45) is 0 Å². The van der Waals surface area contributed by atoms with Gasteiger partial charge in [-0.3, -0.25) is 4.79 Å². The fraction of sp³-hybridized carbons (Fsp3) is 0.0952. The average molecular weight is 391 g/mol. The fourth-order valence-corrected chi connectivity index (χ4v) is 3.57. The Morgan fingerprint density at radius 1 is 0.893 bits per heavy atom. The van der Waals surface area contributed by atoms with Gasteiger partial charge in [-0.2, -0.15) is 9.50 Å². The van der Waals surface area contributed by atoms with Crippen molar-refractivity contribution >= 4 is 34.5 Å². The zero-order chi connectivity index (χ0) is 19.5. The van der Waals surface area contributed by atoms with E-state index < -0.39 is 0 Å². The van der Waals surface area contributed by atoms with Crippen molar-refractivity contribution in [2.45, 2.75) is 0 Å². The van der Waals surface area contributed by atoms with Gasteiger partial charge in [0.2, 0.25) is 4.96 Å². The number of benzene rings is 2. The predicted octanol–water partition coefficient (Wildman–Crippen LogP) is 2.89. The van der Waals surface area contributed by atoms with Crippen molar-refractivity contribution in [1.82, 2.24) is 14.6 Å². The van der Waals surface area contributed by atoms with Gasteiger partial charge in [-0.05, 0) is 47.5 Å². The molecule has 0 bridgehead atoms. The maximum Gasteiger partial charge on any atom is 0.291 e. The SMILES string of the molecule is COc1ccc(/C=C/c2nc3s/c(=C/c4ccc(OC)cc4)c(=O)n3n2)cc1. The Bertz CT molecular complexity index is 1240. The van der Waals surface area contributed by atoms with Crippen LogP contribution in [0.25, 0.3) is 23.2 Å². The molecule has 28 heavy (non-hydrogen) atoms. The summed E-state index contributed by atoms with van der Waals surface area (Å²) in [5.74, 6) is 2.07. The number of thiazole rings is 1. The summed E-state index contributed by atoms with van der Waals surface area (Å²) in [6, 6.07) is 15.2. The minimum Gasteiger partial charge on any atom is -0.497 e. The largest absolute Gasteiger partial charge is 0.497 e. The van der Waals surface area contributed by atoms with Gasteiger partial charge in [-0.1, -0.05) is 41.7 Å². The van der Waals surface area contributed by atoms with Crippen LogP contribution in [0.3, 0.4) is 0 Å². The van der Waals surface area contributed by atoms with Gasteiger partial charge in [0.25, 0.3) is 5.56 Å². The van der Waals surface area contributed by atoms with Crippen LogP contribution in [0.4, 0.5) is 0 Å². The number of fused-ring (bicyclic) bond motifs is 1. The van der Waals surface area contributed by atoms with Crippen LogP contribution in [0.2, 0.25) is 0 Å². The number of nitrogens with zero attached hydrogens (tertiary/aromatic N) is 3. The summed E-state index contributed by atoms with van der Waals surface area (Å²) in [4.78, 5) is 17.6. The third-order valence-corrected chi connectivity index (χ3v) is 5.11. The molecule has 0 fully saturated rings. The van der Waals surface area contributed by atoms with Gasteiger partial charge in [-0.15, -0.1) is 5.10 Å². The van der Waals surface area contributed by atoms with Crippen molar-refractivity contribution in [2.75, 3.05) is 14.2 Å². The highest BCUT2D eigenvalue weighted by Crippen LogP contribution is 2.14. The monoisotopic (exact) mass is 391 g/mol. The van der Waals surface area contributed by atoms with Gasteiger partial charge in [0.05, 0.1) is 18.8 Å². The molecule has 0 spiro atoms. The minimum atomic E-state index is -0.174. The molecule has 4 rings (SSSR count). The van der Waals surface area contributed by atoms with Gasteiger partial charge in [0.1, 0.15) is 11.5 Å². The van der Waals surface area contributed by atoms with E-state index in [1.165, 1.54) is 15.9 Å². The van der Waals surface area contributed by atoms with Crippen LogP contribution in [0.15, 0.2) is 53.3 Å². The Morgan fingerprint density at radius 2 is 1.50 bits per heavy atom. The van der Waals surface area contributed by atoms with E-state index in [9.17, 15) is 4.79 Å². The molecule has 4 aromatic rings. The van der Waals surface area contributed by atoms with Crippen molar-refractivity contribution in [3.63, 3.8) is 0 Å². The minimum absolute atomic E-state index is 0.174. The molecule has 7 heteroatoms. The van der Waals surface area contributed by atoms with Gasteiger partial charge >= 0.3 is 0 Å². The van der Waals surface area contributed by atoms with Gasteiger partial charge in [-0.25, -0.2) is 0 Å². The molecule has 0 unspecified atom stereocenters. The summed E-state index contributed by atoms with van der Waals surface area (Å²) >= 11 is 1.32. The summed E-state index contributed by atoms with van der Waals surface area (Å²) in [5.41, 5.74) is 1.74. The second kappa shape index (κ2) is 7.66. The second-order valence-corrected chi connectivity index (χ2v) is 6.97. The lowest BCUT2D eigenvalue weighted by Crippen LogP contribution is -2.23. The lowest BCUT2D eigenvalue weighted by atomic mass is 10.2. The van der Waals surface area contributed by atoms with E-state index in [1.54, 1.807) is 20.3 Å². The number of hydrogen-bond acceptors (Lipinski definition) is 6. The highest BCUT2D eigenvalue weighted by atomic mass is 32.1. The third kappa shape index (κ3) is 3.65. The van der Waals surface area contributed by atoms with E-state index >= 15 is 0 Å². The second-order valence-electron chi connectivity index (χ2n) is 5.96. The Kier molecular flexibility index (Phi) is 4.90. The Labute approximate surface area is 165 Å². The standard InChI is InChI=1S/C21H17N3O3S/c1-26-16-8-3-14(4-9-16)7-12-19-22-21-24(23-19)20(25)18(28-21)13-15-5-10-17(27-2)11-6-15/h3-13H,1-2H3/b12-7+,18-13+. The maximum atomic E-state index is 12.6. The van der Waals surface area contributed by atoms with E-state index in [4.69, 9.17) is 9.47 Å². The number of methoxy groups -OCH3 is 2. The molecule has 140 valence electrons. The molecule has 0 amide bonds. The Balaban J connectivity index is 1.61. The molecule has 0 saturated heterocycles. The first-order valence-electron chi connectivity index (χ1n) is 8.54. The van der Waals surface area contributed by atoms with Crippen LogP contribution in [0, 0.1) is 0 Å². The molecule has 0 atom stereocenters. The first kappa shape index (κ1) is 17.9. The number of aromatic nitrogens is 3. The summed E-state index contributed by atoms with van der Waals surface area (Å²) in [5, 5.41) is 4.30. The Morgan fingerprint density at radius 3 is 2.07 bits per heavy atom. The molecule has 0 radical (unpaired) electrons. The van der Waals surface area contributed by atoms with Gasteiger partial charge in [0.15, 0.2) is 5.82 Å². The normalized spacial score (nSPS) is 12.1. The van der Waals surface area contributed by atoms with Crippen LogP contribution in [0.1, 0.15) is 17.0 Å². The van der Waals surface area contributed by atoms with Gasteiger partial charge in [0, 0.05) is 0 Å². The van der Waals surface area contributed by atoms with Crippen LogP contribution in [0.5, 0.6) is 11.5 Å². The van der Waals surface area contributed by atoms with E-state index in [0.717, 1.165) is 22.6 Å². The molecule has 0 N–H and O–H groups in total. The van der Waals surface area contributed by atoms with Crippen LogP contribution >= 0.6 is 11.3 Å². The topological polar surface area (TPSA) is 65.7 Å². The summed E-state index contributed by atoms with van der Waals surface area (Å²) < 4.78 is 12.2. The molecule has 0 aliphatic carbocycles. The molecule has 2 aromatic heterocycles. The fourth-order valence-electron chi connectivity index (χ4n) is 2.66. The molecule has 0 saturated carbocycles. The molecule has 0 aliphatic rings. The smallest absolute Gasteiger partial charge is 0.291 e. The van der Waals surface area contributed by atoms with Gasteiger partial charge < -0.3 is 9.47 Å². The van der Waals surface area contributed by atoms with E-state index in [-0.39, 0.29) is 5.56 Å². The lowest BCUT2D eigenvalue weighted by molar-refractivity contribution is 0.414. The Hall–Kier alpha value is -3.45. The molecule has 2 heterocycles. The van der Waals surface area contributed by atoms with Crippen LogP contribution in [-0.2, 0) is 0 Å². The van der Waals surface area contributed by atoms with Crippen molar-refractivity contribution in [3.8, 4) is 11.5 Å². The van der Waals surface area contributed by atoms with Crippen molar-refractivity contribution in [3.05, 3.63) is 80.4 Å². The molecular formula is C21H17N3O3S. The lowest BCUT2D eigenvalue weighted by Gasteiger charge is -1.98. The zero-order valence-corrected chi connectivity index (χ0v) is 16.1. The molecule has 6 nitrogen and oxygen atoms in total. The summed E-state index contributed by atoms with van der Waals surface area (Å²) in [6.45, 7) is 0. The maximum absolute atomic E-state index is 12.6. The number of rotatable bonds is 5. The number of hydrogen-bond donors (Lipinski definition) is 0. The van der Waals surface area contributed by atoms with Crippen molar-refractivity contribution < 1.29 is 9.47 Å². The quantitative estimate of drug-likeness (QED) is 0.523. The predicted molar refractivity (Wildman–Crippen MR) is 111 cm³/mol. The summed E-state index contributed by atoms with van der Waals surface area (Å²) in [7, 11) is 3.25. The van der Waals surface area contributed by atoms with E-state index in [1.807, 2.05) is 60.7 Å². The van der Waals surface area contributed by atoms with Crippen LogP contribution in [-0.4, -0.2) is 28.8 Å². The van der Waals surface area contributed by atoms with Crippen LogP contribution < -0.4 is 19.6 Å².